The minimum absolute atomic E-state index is 0.630. The highest BCUT2D eigenvalue weighted by atomic mass is 16.3. The minimum Gasteiger partial charge on any atom is -0.436 e. The lowest BCUT2D eigenvalue weighted by Crippen LogP contribution is -2.12. The van der Waals surface area contributed by atoms with Crippen molar-refractivity contribution < 1.29 is 4.42 Å². The Morgan fingerprint density at radius 1 is 0.477 bits per heavy atom. The maximum atomic E-state index is 6.61. The third-order valence-electron chi connectivity index (χ3n) is 13.1. The van der Waals surface area contributed by atoms with Crippen molar-refractivity contribution in [2.75, 3.05) is 4.90 Å². The summed E-state index contributed by atoms with van der Waals surface area (Å²) in [6.45, 7) is 2.11. The van der Waals surface area contributed by atoms with Crippen LogP contribution in [0.4, 0.5) is 17.1 Å². The molecule has 0 unspecified atom stereocenters. The lowest BCUT2D eigenvalue weighted by atomic mass is 9.87. The van der Waals surface area contributed by atoms with Gasteiger partial charge in [-0.2, -0.15) is 0 Å². The molecule has 0 saturated carbocycles. The van der Waals surface area contributed by atoms with Crippen LogP contribution in [-0.4, -0.2) is 4.98 Å². The van der Waals surface area contributed by atoms with E-state index in [1.807, 2.05) is 0 Å². The standard InChI is InChI=1S/C62H44N2O/c1-41-38-48-24-15-27-54(59(48)60-61(41)65-62(63-60)49-31-30-42-16-8-9-22-47(42)39-49)46-32-34-50(35-33-46)64(58-29-13-12-26-53(58)44-17-4-2-5-18-44)51-36-37-56(57(40-51)45-19-6-3-7-20-45)55-28-14-23-43-21-10-11-25-52(43)55/h2-6,8-19,21-40H,7,20H2,1H3. The van der Waals surface area contributed by atoms with Crippen molar-refractivity contribution >= 4 is 66.1 Å². The third kappa shape index (κ3) is 6.90. The first-order valence-corrected chi connectivity index (χ1v) is 22.5. The number of aryl methyl sites for hydroxylation is 1. The summed E-state index contributed by atoms with van der Waals surface area (Å²) in [4.78, 5) is 7.67. The van der Waals surface area contributed by atoms with Gasteiger partial charge in [-0.25, -0.2) is 4.98 Å². The number of benzene rings is 10. The Balaban J connectivity index is 1.02. The number of allylic oxidation sites excluding steroid dienone is 4. The van der Waals surface area contributed by atoms with Crippen LogP contribution in [0.15, 0.2) is 229 Å². The summed E-state index contributed by atoms with van der Waals surface area (Å²) in [6, 6.07) is 74.6. The molecule has 10 aromatic carbocycles. The highest BCUT2D eigenvalue weighted by Gasteiger charge is 2.22. The smallest absolute Gasteiger partial charge is 0.227 e. The van der Waals surface area contributed by atoms with Gasteiger partial charge in [-0.3, -0.25) is 0 Å². The largest absolute Gasteiger partial charge is 0.436 e. The molecule has 308 valence electrons. The summed E-state index contributed by atoms with van der Waals surface area (Å²) in [5, 5.41) is 7.08. The summed E-state index contributed by atoms with van der Waals surface area (Å²) >= 11 is 0. The van der Waals surface area contributed by atoms with Gasteiger partial charge in [-0.05, 0) is 140 Å². The molecule has 0 atom stereocenters. The first kappa shape index (κ1) is 38.4. The van der Waals surface area contributed by atoms with Gasteiger partial charge in [0.15, 0.2) is 5.58 Å². The highest BCUT2D eigenvalue weighted by Crippen LogP contribution is 2.46. The second kappa shape index (κ2) is 16.1. The predicted octanol–water partition coefficient (Wildman–Crippen LogP) is 17.5. The van der Waals surface area contributed by atoms with E-state index in [0.29, 0.717) is 5.89 Å². The van der Waals surface area contributed by atoms with Crippen LogP contribution >= 0.6 is 0 Å². The van der Waals surface area contributed by atoms with Crippen LogP contribution in [0.25, 0.3) is 93.8 Å². The van der Waals surface area contributed by atoms with Crippen molar-refractivity contribution in [3.05, 3.63) is 236 Å². The molecular formula is C62H44N2O. The summed E-state index contributed by atoms with van der Waals surface area (Å²) < 4.78 is 6.61. The number of para-hydroxylation sites is 1. The number of fused-ring (bicyclic) bond motifs is 5. The molecule has 0 amide bonds. The Kier molecular flexibility index (Phi) is 9.53. The number of nitrogens with zero attached hydrogens (tertiary/aromatic N) is 2. The molecule has 3 heteroatoms. The van der Waals surface area contributed by atoms with E-state index < -0.39 is 0 Å². The van der Waals surface area contributed by atoms with Crippen LogP contribution < -0.4 is 4.90 Å². The van der Waals surface area contributed by atoms with Gasteiger partial charge in [0.1, 0.15) is 5.52 Å². The molecule has 0 saturated heterocycles. The number of anilines is 3. The second-order valence-corrected chi connectivity index (χ2v) is 17.0. The summed E-state index contributed by atoms with van der Waals surface area (Å²) in [7, 11) is 0. The molecule has 0 spiro atoms. The van der Waals surface area contributed by atoms with Gasteiger partial charge in [-0.15, -0.1) is 0 Å². The van der Waals surface area contributed by atoms with Gasteiger partial charge in [0.05, 0.1) is 5.69 Å². The molecule has 1 aliphatic rings. The molecule has 1 heterocycles. The number of aromatic nitrogens is 1. The van der Waals surface area contributed by atoms with Crippen LogP contribution in [0, 0.1) is 6.92 Å². The van der Waals surface area contributed by atoms with Gasteiger partial charge in [0, 0.05) is 27.9 Å². The second-order valence-electron chi connectivity index (χ2n) is 17.0. The van der Waals surface area contributed by atoms with Crippen LogP contribution in [0.1, 0.15) is 24.0 Å². The third-order valence-corrected chi connectivity index (χ3v) is 13.1. The van der Waals surface area contributed by atoms with Crippen LogP contribution in [0.5, 0.6) is 0 Å². The summed E-state index contributed by atoms with van der Waals surface area (Å²) in [5.74, 6) is 0.630. The maximum Gasteiger partial charge on any atom is 0.227 e. The van der Waals surface area contributed by atoms with E-state index in [2.05, 4.69) is 236 Å². The Morgan fingerprint density at radius 2 is 1.15 bits per heavy atom. The molecular weight excluding hydrogens is 789 g/mol. The van der Waals surface area contributed by atoms with E-state index in [4.69, 9.17) is 9.40 Å². The Labute approximate surface area is 378 Å². The van der Waals surface area contributed by atoms with E-state index in [1.54, 1.807) is 0 Å². The molecule has 11 aromatic rings. The number of oxazole rings is 1. The number of hydrogen-bond acceptors (Lipinski definition) is 3. The normalized spacial score (nSPS) is 12.6. The number of hydrogen-bond donors (Lipinski definition) is 0. The Morgan fingerprint density at radius 3 is 2.00 bits per heavy atom. The average Bonchev–Trinajstić information content (AvgIpc) is 3.84. The lowest BCUT2D eigenvalue weighted by Gasteiger charge is -2.29. The van der Waals surface area contributed by atoms with E-state index in [9.17, 15) is 0 Å². The zero-order chi connectivity index (χ0) is 43.3. The zero-order valence-corrected chi connectivity index (χ0v) is 36.1. The molecule has 0 bridgehead atoms. The quantitative estimate of drug-likeness (QED) is 0.153. The van der Waals surface area contributed by atoms with Gasteiger partial charge in [0.2, 0.25) is 5.89 Å². The molecule has 0 N–H and O–H groups in total. The van der Waals surface area contributed by atoms with Crippen molar-refractivity contribution in [2.45, 2.75) is 19.8 Å². The van der Waals surface area contributed by atoms with E-state index in [0.717, 1.165) is 85.0 Å². The summed E-state index contributed by atoms with van der Waals surface area (Å²) in [6.07, 6.45) is 8.79. The lowest BCUT2D eigenvalue weighted by molar-refractivity contribution is 0.617. The Bertz CT molecular complexity index is 3660. The van der Waals surface area contributed by atoms with E-state index >= 15 is 0 Å². The molecule has 65 heavy (non-hydrogen) atoms. The summed E-state index contributed by atoms with van der Waals surface area (Å²) in [5.41, 5.74) is 16.7. The van der Waals surface area contributed by atoms with Crippen molar-refractivity contribution in [1.29, 1.82) is 0 Å². The molecule has 1 aromatic heterocycles. The van der Waals surface area contributed by atoms with Crippen molar-refractivity contribution in [1.82, 2.24) is 4.98 Å². The van der Waals surface area contributed by atoms with E-state index in [1.165, 1.54) is 44.0 Å². The van der Waals surface area contributed by atoms with Crippen molar-refractivity contribution in [2.24, 2.45) is 0 Å². The SMILES string of the molecule is Cc1cc2cccc(-c3ccc(N(c4ccc(-c5cccc6ccccc56)c(C5=CC=CCC5)c4)c4ccccc4-c4ccccc4)cc3)c2c2nc(-c3ccc4ccccc4c3)oc12. The van der Waals surface area contributed by atoms with Crippen LogP contribution in [0.3, 0.4) is 0 Å². The molecule has 0 fully saturated rings. The Hall–Kier alpha value is -8.27. The topological polar surface area (TPSA) is 29.3 Å². The molecule has 0 radical (unpaired) electrons. The fourth-order valence-electron chi connectivity index (χ4n) is 9.90. The van der Waals surface area contributed by atoms with Crippen LogP contribution in [0.2, 0.25) is 0 Å². The first-order chi connectivity index (χ1) is 32.1. The van der Waals surface area contributed by atoms with Gasteiger partial charge < -0.3 is 9.32 Å². The molecule has 12 rings (SSSR count). The molecule has 1 aliphatic carbocycles. The van der Waals surface area contributed by atoms with Gasteiger partial charge >= 0.3 is 0 Å². The zero-order valence-electron chi connectivity index (χ0n) is 36.1. The monoisotopic (exact) mass is 832 g/mol. The highest BCUT2D eigenvalue weighted by molar-refractivity contribution is 6.13. The van der Waals surface area contributed by atoms with Gasteiger partial charge in [-0.1, -0.05) is 176 Å². The average molecular weight is 833 g/mol. The van der Waals surface area contributed by atoms with Crippen LogP contribution in [-0.2, 0) is 0 Å². The van der Waals surface area contributed by atoms with Gasteiger partial charge in [0.25, 0.3) is 0 Å². The van der Waals surface area contributed by atoms with Crippen molar-refractivity contribution in [3.8, 4) is 44.8 Å². The number of rotatable bonds is 8. The molecule has 0 aliphatic heterocycles. The van der Waals surface area contributed by atoms with Crippen molar-refractivity contribution in [3.63, 3.8) is 0 Å². The predicted molar refractivity (Wildman–Crippen MR) is 274 cm³/mol. The fraction of sp³-hybridized carbons (Fsp3) is 0.0484. The fourth-order valence-corrected chi connectivity index (χ4v) is 9.90. The first-order valence-electron chi connectivity index (χ1n) is 22.5. The molecule has 3 nitrogen and oxygen atoms in total. The maximum absolute atomic E-state index is 6.61. The minimum atomic E-state index is 0.630. The van der Waals surface area contributed by atoms with E-state index in [-0.39, 0.29) is 0 Å².